The highest BCUT2D eigenvalue weighted by molar-refractivity contribution is 9.10. The largest absolute Gasteiger partial charge is 0.390 e. The quantitative estimate of drug-likeness (QED) is 0.317. The second-order valence-corrected chi connectivity index (χ2v) is 11.4. The van der Waals surface area contributed by atoms with E-state index in [4.69, 9.17) is 17.3 Å². The Morgan fingerprint density at radius 1 is 1.18 bits per heavy atom. The van der Waals surface area contributed by atoms with Crippen LogP contribution in [0.5, 0.6) is 0 Å². The van der Waals surface area contributed by atoms with Crippen molar-refractivity contribution in [1.82, 2.24) is 19.5 Å². The summed E-state index contributed by atoms with van der Waals surface area (Å²) in [5.74, 6) is 1.24. The zero-order valence-electron chi connectivity index (χ0n) is 17.4. The number of nitrogen functional groups attached to an aromatic ring is 1. The number of hydrogen-bond donors (Lipinski definition) is 3. The van der Waals surface area contributed by atoms with E-state index in [0.29, 0.717) is 23.0 Å². The van der Waals surface area contributed by atoms with E-state index in [1.807, 2.05) is 34.7 Å². The molecule has 5 atom stereocenters. The van der Waals surface area contributed by atoms with Gasteiger partial charge in [0.15, 0.2) is 0 Å². The Labute approximate surface area is 207 Å². The number of aromatic nitrogens is 4. The highest BCUT2D eigenvalue weighted by Gasteiger charge is 2.56. The summed E-state index contributed by atoms with van der Waals surface area (Å²) < 4.78 is 2.72. The summed E-state index contributed by atoms with van der Waals surface area (Å²) in [7, 11) is 0. The Hall–Kier alpha value is -1.91. The van der Waals surface area contributed by atoms with Crippen LogP contribution in [-0.4, -0.2) is 47.7 Å². The van der Waals surface area contributed by atoms with Gasteiger partial charge in [0.1, 0.15) is 29.0 Å². The van der Waals surface area contributed by atoms with Crippen LogP contribution in [-0.2, 0) is 0 Å². The number of nitrogens with zero attached hydrogens (tertiary/aromatic N) is 4. The Kier molecular flexibility index (Phi) is 5.12. The van der Waals surface area contributed by atoms with E-state index >= 15 is 0 Å². The van der Waals surface area contributed by atoms with Gasteiger partial charge < -0.3 is 20.5 Å². The van der Waals surface area contributed by atoms with Gasteiger partial charge in [0.25, 0.3) is 0 Å². The van der Waals surface area contributed by atoms with Gasteiger partial charge in [-0.25, -0.2) is 15.0 Å². The second-order valence-electron chi connectivity index (χ2n) is 9.01. The molecule has 4 heterocycles. The van der Waals surface area contributed by atoms with Gasteiger partial charge in [-0.15, -0.1) is 0 Å². The van der Waals surface area contributed by atoms with Crippen molar-refractivity contribution < 1.29 is 10.2 Å². The number of anilines is 1. The van der Waals surface area contributed by atoms with Gasteiger partial charge in [-0.05, 0) is 52.5 Å². The van der Waals surface area contributed by atoms with Gasteiger partial charge in [0, 0.05) is 28.0 Å². The number of halogens is 2. The van der Waals surface area contributed by atoms with Crippen LogP contribution in [0.2, 0.25) is 5.15 Å². The SMILES string of the molecule is Nc1nc2cc([C@@H]3C[C@@]4(CS3)C[C@@H](n3ccc5c(Cl)ncnc53)[C@H](O)[C@@H]4O)ccc2cc1Br. The van der Waals surface area contributed by atoms with E-state index < -0.39 is 12.2 Å². The Morgan fingerprint density at radius 2 is 2.03 bits per heavy atom. The molecule has 0 amide bonds. The molecule has 170 valence electrons. The first-order chi connectivity index (χ1) is 15.9. The molecule has 7 nitrogen and oxygen atoms in total. The molecule has 1 saturated carbocycles. The van der Waals surface area contributed by atoms with Crippen LogP contribution < -0.4 is 5.73 Å². The van der Waals surface area contributed by atoms with Crippen LogP contribution in [0.3, 0.4) is 0 Å². The summed E-state index contributed by atoms with van der Waals surface area (Å²) in [5.41, 5.74) is 8.30. The monoisotopic (exact) mass is 545 g/mol. The highest BCUT2D eigenvalue weighted by atomic mass is 79.9. The lowest BCUT2D eigenvalue weighted by Gasteiger charge is -2.27. The number of pyridine rings is 1. The van der Waals surface area contributed by atoms with E-state index in [-0.39, 0.29) is 16.7 Å². The molecular formula is C23H21BrClN5O2S. The maximum absolute atomic E-state index is 11.2. The lowest BCUT2D eigenvalue weighted by Crippen LogP contribution is -2.36. The Balaban J connectivity index is 1.30. The lowest BCUT2D eigenvalue weighted by atomic mass is 9.80. The summed E-state index contributed by atoms with van der Waals surface area (Å²) in [6.45, 7) is 0. The molecule has 10 heteroatoms. The first-order valence-corrected chi connectivity index (χ1v) is 12.9. The number of rotatable bonds is 2. The van der Waals surface area contributed by atoms with Crippen molar-refractivity contribution in [3.05, 3.63) is 58.0 Å². The fourth-order valence-electron chi connectivity index (χ4n) is 5.39. The van der Waals surface area contributed by atoms with Gasteiger partial charge in [-0.3, -0.25) is 0 Å². The van der Waals surface area contributed by atoms with E-state index in [2.05, 4.69) is 49.1 Å². The van der Waals surface area contributed by atoms with E-state index in [1.165, 1.54) is 6.33 Å². The van der Waals surface area contributed by atoms with Gasteiger partial charge in [-0.2, -0.15) is 11.8 Å². The standard InChI is InChI=1S/C23H21BrClN5O2S/c24-14-5-11-1-2-12(6-15(11)29-21(14)26)17-8-23(9-33-17)7-16(18(31)19(23)32)30-4-3-13-20(25)27-10-28-22(13)30/h1-6,10,16-19,31-32H,7-9H2,(H2,26,29)/t16-,17+,18+,19+,23-/m1/s1. The summed E-state index contributed by atoms with van der Waals surface area (Å²) in [6, 6.07) is 9.83. The Morgan fingerprint density at radius 3 is 2.88 bits per heavy atom. The molecule has 1 aliphatic carbocycles. The van der Waals surface area contributed by atoms with Crippen LogP contribution in [0.25, 0.3) is 21.9 Å². The first-order valence-electron chi connectivity index (χ1n) is 10.7. The highest BCUT2D eigenvalue weighted by Crippen LogP contribution is 2.59. The van der Waals surface area contributed by atoms with Crippen molar-refractivity contribution in [3.8, 4) is 0 Å². The number of nitrogens with two attached hydrogens (primary N) is 1. The number of aliphatic hydroxyl groups is 2. The molecule has 2 aliphatic rings. The minimum Gasteiger partial charge on any atom is -0.390 e. The molecule has 6 rings (SSSR count). The van der Waals surface area contributed by atoms with Crippen LogP contribution in [0, 0.1) is 5.41 Å². The smallest absolute Gasteiger partial charge is 0.145 e. The average Bonchev–Trinajstić information content (AvgIpc) is 3.48. The summed E-state index contributed by atoms with van der Waals surface area (Å²) >= 11 is 11.5. The number of thioether (sulfide) groups is 1. The first kappa shape index (κ1) is 21.6. The van der Waals surface area contributed by atoms with E-state index in [0.717, 1.165) is 38.5 Å². The van der Waals surface area contributed by atoms with Crippen molar-refractivity contribution in [1.29, 1.82) is 0 Å². The topological polar surface area (TPSA) is 110 Å². The van der Waals surface area contributed by atoms with Gasteiger partial charge >= 0.3 is 0 Å². The van der Waals surface area contributed by atoms with Crippen molar-refractivity contribution in [2.45, 2.75) is 36.3 Å². The zero-order valence-corrected chi connectivity index (χ0v) is 20.6. The number of aliphatic hydroxyl groups excluding tert-OH is 2. The van der Waals surface area contributed by atoms with E-state index in [9.17, 15) is 10.2 Å². The van der Waals surface area contributed by atoms with Gasteiger partial charge in [0.05, 0.1) is 27.5 Å². The molecule has 1 aromatic carbocycles. The molecule has 0 unspecified atom stereocenters. The fraction of sp³-hybridized carbons (Fsp3) is 0.348. The number of hydrogen-bond acceptors (Lipinski definition) is 7. The molecule has 4 N–H and O–H groups in total. The van der Waals surface area contributed by atoms with Crippen molar-refractivity contribution >= 4 is 67.0 Å². The third-order valence-corrected chi connectivity index (χ3v) is 9.66. The van der Waals surface area contributed by atoms with Crippen LogP contribution in [0.1, 0.15) is 29.7 Å². The lowest BCUT2D eigenvalue weighted by molar-refractivity contribution is -0.0204. The van der Waals surface area contributed by atoms with Crippen molar-refractivity contribution in [2.75, 3.05) is 11.5 Å². The van der Waals surface area contributed by atoms with Gasteiger partial charge in [0.2, 0.25) is 0 Å². The summed E-state index contributed by atoms with van der Waals surface area (Å²) in [6.07, 6.45) is 3.04. The minimum absolute atomic E-state index is 0.208. The fourth-order valence-corrected chi connectivity index (χ4v) is 7.65. The zero-order chi connectivity index (χ0) is 22.9. The minimum atomic E-state index is -0.885. The molecular weight excluding hydrogens is 526 g/mol. The molecule has 1 saturated heterocycles. The summed E-state index contributed by atoms with van der Waals surface area (Å²) in [5, 5.41) is 24.6. The predicted molar refractivity (Wildman–Crippen MR) is 134 cm³/mol. The van der Waals surface area contributed by atoms with Crippen LogP contribution >= 0.6 is 39.3 Å². The summed E-state index contributed by atoms with van der Waals surface area (Å²) in [4.78, 5) is 12.9. The van der Waals surface area contributed by atoms with Crippen molar-refractivity contribution in [2.24, 2.45) is 5.41 Å². The molecule has 33 heavy (non-hydrogen) atoms. The molecule has 1 spiro atoms. The molecule has 2 fully saturated rings. The average molecular weight is 547 g/mol. The van der Waals surface area contributed by atoms with Crippen LogP contribution in [0.4, 0.5) is 5.82 Å². The molecule has 4 aromatic rings. The third-order valence-electron chi connectivity index (χ3n) is 7.14. The molecule has 3 aromatic heterocycles. The third kappa shape index (κ3) is 3.36. The van der Waals surface area contributed by atoms with Gasteiger partial charge in [-0.1, -0.05) is 23.7 Å². The maximum atomic E-state index is 11.2. The normalized spacial score (nSPS) is 29.6. The predicted octanol–water partition coefficient (Wildman–Crippen LogP) is 4.51. The Bertz CT molecular complexity index is 1400. The molecule has 0 bridgehead atoms. The van der Waals surface area contributed by atoms with Crippen molar-refractivity contribution in [3.63, 3.8) is 0 Å². The second kappa shape index (κ2) is 7.81. The number of fused-ring (bicyclic) bond motifs is 2. The number of benzene rings is 1. The molecule has 1 aliphatic heterocycles. The van der Waals surface area contributed by atoms with E-state index in [1.54, 1.807) is 0 Å². The maximum Gasteiger partial charge on any atom is 0.145 e. The molecule has 0 radical (unpaired) electrons. The van der Waals surface area contributed by atoms with Crippen LogP contribution in [0.15, 0.2) is 47.3 Å².